The van der Waals surface area contributed by atoms with Crippen molar-refractivity contribution in [1.82, 2.24) is 5.01 Å². The summed E-state index contributed by atoms with van der Waals surface area (Å²) >= 11 is 5.82. The van der Waals surface area contributed by atoms with E-state index in [0.717, 1.165) is 0 Å². The molecule has 0 heterocycles. The monoisotopic (exact) mass is 368 g/mol. The van der Waals surface area contributed by atoms with Gasteiger partial charge >= 0.3 is 51.4 Å². The molecule has 0 fully saturated rings. The summed E-state index contributed by atoms with van der Waals surface area (Å²) in [5.41, 5.74) is 0.231. The molecular weight excluding hydrogens is 351 g/mol. The molecule has 0 saturated heterocycles. The fraction of sp³-hybridized carbons (Fsp3) is 0.222. The third-order valence-corrected chi connectivity index (χ3v) is 3.38. The van der Waals surface area contributed by atoms with Gasteiger partial charge in [0.05, 0.1) is 5.54 Å². The summed E-state index contributed by atoms with van der Waals surface area (Å²) in [5.74, 6) is -0.804. The topological polar surface area (TPSA) is 55.7 Å². The van der Waals surface area contributed by atoms with E-state index in [1.165, 1.54) is 5.01 Å². The van der Waals surface area contributed by atoms with Crippen molar-refractivity contribution in [3.8, 4) is 0 Å². The summed E-state index contributed by atoms with van der Waals surface area (Å²) in [6, 6.07) is 15.2. The van der Waals surface area contributed by atoms with Gasteiger partial charge in [-0.25, -0.2) is 5.01 Å². The quantitative estimate of drug-likeness (QED) is 0.339. The molecule has 0 unspecified atom stereocenters. The van der Waals surface area contributed by atoms with Crippen LogP contribution in [0.25, 0.3) is 0 Å². The Kier molecular flexibility index (Phi) is 8.12. The number of hydrazone groups is 1. The molecule has 2 aromatic carbocycles. The normalized spacial score (nSPS) is 11.6. The van der Waals surface area contributed by atoms with Crippen LogP contribution in [0.5, 0.6) is 0 Å². The van der Waals surface area contributed by atoms with Crippen molar-refractivity contribution >= 4 is 23.4 Å². The van der Waals surface area contributed by atoms with Crippen LogP contribution in [0.4, 0.5) is 0 Å². The van der Waals surface area contributed by atoms with E-state index in [-0.39, 0.29) is 57.3 Å². The maximum Gasteiger partial charge on any atom is 1.00 e. The first-order valence-electron chi connectivity index (χ1n) is 7.20. The van der Waals surface area contributed by atoms with Gasteiger partial charge in [-0.2, -0.15) is 5.10 Å². The molecule has 0 spiro atoms. The minimum atomic E-state index is -0.630. The molecule has 2 aromatic rings. The molecule has 0 aliphatic carbocycles. The van der Waals surface area contributed by atoms with Gasteiger partial charge in [-0.1, -0.05) is 41.9 Å². The third kappa shape index (κ3) is 5.69. The molecule has 0 aliphatic heterocycles. The van der Waals surface area contributed by atoms with E-state index in [0.29, 0.717) is 16.1 Å². The largest absolute Gasteiger partial charge is 1.00 e. The van der Waals surface area contributed by atoms with Gasteiger partial charge in [0, 0.05) is 16.5 Å². The van der Waals surface area contributed by atoms with E-state index < -0.39 is 11.4 Å². The van der Waals surface area contributed by atoms with Gasteiger partial charge in [0.2, 0.25) is 0 Å². The molecule has 0 bridgehead atoms. The second-order valence-corrected chi connectivity index (χ2v) is 6.50. The maximum atomic E-state index is 12.7. The van der Waals surface area contributed by atoms with Crippen LogP contribution in [0.15, 0.2) is 59.7 Å². The van der Waals surface area contributed by atoms with E-state index in [9.17, 15) is 9.90 Å². The first kappa shape index (κ1) is 21.3. The van der Waals surface area contributed by atoms with Crippen molar-refractivity contribution in [3.63, 3.8) is 0 Å². The number of carbonyl (C=O) groups is 1. The molecular formula is C18H18ClKN2O2. The summed E-state index contributed by atoms with van der Waals surface area (Å²) in [6.45, 7) is 5.48. The first-order valence-corrected chi connectivity index (χ1v) is 7.58. The second kappa shape index (κ2) is 9.13. The molecule has 6 heteroatoms. The number of hydrogen-bond donors (Lipinski definition) is 0. The molecule has 0 aromatic heterocycles. The van der Waals surface area contributed by atoms with Crippen molar-refractivity contribution in [2.75, 3.05) is 0 Å². The van der Waals surface area contributed by atoms with Gasteiger partial charge in [-0.3, -0.25) is 4.79 Å². The van der Waals surface area contributed by atoms with Gasteiger partial charge in [-0.05, 0) is 50.6 Å². The van der Waals surface area contributed by atoms with Crippen molar-refractivity contribution in [2.45, 2.75) is 26.3 Å². The summed E-state index contributed by atoms with van der Waals surface area (Å²) in [6.07, 6.45) is 0. The van der Waals surface area contributed by atoms with Crippen LogP contribution in [0.3, 0.4) is 0 Å². The van der Waals surface area contributed by atoms with E-state index in [1.54, 1.807) is 48.5 Å². The standard InChI is InChI=1S/C18H19ClN2O2.K/c1-18(2,3)21(17(23)14-7-5-4-6-8-14)20-16(22)13-9-11-15(19)12-10-13;/h4-12H,1-3H3,(H,20,22);/q;+1/p-1. The molecule has 4 nitrogen and oxygen atoms in total. The van der Waals surface area contributed by atoms with E-state index >= 15 is 0 Å². The minimum absolute atomic E-state index is 0. The molecule has 1 amide bonds. The molecule has 0 atom stereocenters. The predicted molar refractivity (Wildman–Crippen MR) is 90.4 cm³/mol. The summed E-state index contributed by atoms with van der Waals surface area (Å²) in [5, 5.41) is 18.1. The average Bonchev–Trinajstić information content (AvgIpc) is 2.52. The Labute approximate surface area is 189 Å². The zero-order chi connectivity index (χ0) is 17.0. The number of nitrogens with zero attached hydrogens (tertiary/aromatic N) is 2. The van der Waals surface area contributed by atoms with Crippen LogP contribution in [-0.4, -0.2) is 22.4 Å². The Morgan fingerprint density at radius 3 is 2.04 bits per heavy atom. The van der Waals surface area contributed by atoms with E-state index in [4.69, 9.17) is 11.6 Å². The summed E-state index contributed by atoms with van der Waals surface area (Å²) < 4.78 is 0. The SMILES string of the molecule is CC(C)(C)N(N=C([O-])c1ccc(Cl)cc1)C(=O)c1ccccc1.[K+]. The Hall–Kier alpha value is -0.694. The molecule has 2 rings (SSSR count). The summed E-state index contributed by atoms with van der Waals surface area (Å²) in [4.78, 5) is 12.7. The molecule has 24 heavy (non-hydrogen) atoms. The smallest absolute Gasteiger partial charge is 0.857 e. The average molecular weight is 369 g/mol. The third-order valence-electron chi connectivity index (χ3n) is 3.13. The van der Waals surface area contributed by atoms with E-state index in [1.807, 2.05) is 26.8 Å². The van der Waals surface area contributed by atoms with Crippen molar-refractivity contribution in [3.05, 3.63) is 70.7 Å². The van der Waals surface area contributed by atoms with Crippen molar-refractivity contribution in [1.29, 1.82) is 0 Å². The molecule has 0 N–H and O–H groups in total. The van der Waals surface area contributed by atoms with Crippen LogP contribution in [0.2, 0.25) is 5.02 Å². The van der Waals surface area contributed by atoms with Crippen molar-refractivity contribution in [2.24, 2.45) is 5.10 Å². The number of carbonyl (C=O) groups excluding carboxylic acids is 1. The number of hydrogen-bond acceptors (Lipinski definition) is 3. The predicted octanol–water partition coefficient (Wildman–Crippen LogP) is 0.307. The van der Waals surface area contributed by atoms with Crippen LogP contribution in [0.1, 0.15) is 36.7 Å². The Morgan fingerprint density at radius 1 is 1.00 bits per heavy atom. The molecule has 0 aliphatic rings. The van der Waals surface area contributed by atoms with Gasteiger partial charge in [-0.15, -0.1) is 0 Å². The van der Waals surface area contributed by atoms with Crippen LogP contribution >= 0.6 is 11.6 Å². The molecule has 0 saturated carbocycles. The Balaban J connectivity index is 0.00000288. The van der Waals surface area contributed by atoms with Gasteiger partial charge in [0.15, 0.2) is 0 Å². The van der Waals surface area contributed by atoms with Crippen LogP contribution < -0.4 is 56.5 Å². The molecule has 0 radical (unpaired) electrons. The van der Waals surface area contributed by atoms with Gasteiger partial charge in [0.25, 0.3) is 5.91 Å². The Bertz CT molecular complexity index is 710. The minimum Gasteiger partial charge on any atom is -0.857 e. The number of halogens is 1. The van der Waals surface area contributed by atoms with Gasteiger partial charge in [0.1, 0.15) is 0 Å². The number of amides is 1. The van der Waals surface area contributed by atoms with E-state index in [2.05, 4.69) is 5.10 Å². The van der Waals surface area contributed by atoms with Gasteiger partial charge < -0.3 is 5.11 Å². The number of rotatable bonds is 3. The first-order chi connectivity index (χ1) is 10.8. The fourth-order valence-electron chi connectivity index (χ4n) is 1.94. The second-order valence-electron chi connectivity index (χ2n) is 6.07. The maximum absolute atomic E-state index is 12.7. The Morgan fingerprint density at radius 2 is 1.54 bits per heavy atom. The zero-order valence-corrected chi connectivity index (χ0v) is 18.2. The van der Waals surface area contributed by atoms with Crippen LogP contribution in [0, 0.1) is 0 Å². The molecule has 120 valence electrons. The van der Waals surface area contributed by atoms with Crippen molar-refractivity contribution < 1.29 is 61.3 Å². The zero-order valence-electron chi connectivity index (χ0n) is 14.3. The number of benzene rings is 2. The fourth-order valence-corrected chi connectivity index (χ4v) is 2.07. The van der Waals surface area contributed by atoms with Crippen LogP contribution in [-0.2, 0) is 0 Å². The summed E-state index contributed by atoms with van der Waals surface area (Å²) in [7, 11) is 0.